The Morgan fingerprint density at radius 1 is 1.03 bits per heavy atom. The first-order chi connectivity index (χ1) is 14.0. The van der Waals surface area contributed by atoms with Crippen molar-refractivity contribution in [2.75, 3.05) is 19.8 Å². The largest absolute Gasteiger partial charge is 0.353 e. The molecule has 2 aromatic rings. The third kappa shape index (κ3) is 6.35. The molecule has 0 spiro atoms. The molecule has 0 radical (unpaired) electrons. The zero-order valence-corrected chi connectivity index (χ0v) is 18.8. The lowest BCUT2D eigenvalue weighted by molar-refractivity contribution is -0.119. The van der Waals surface area contributed by atoms with Crippen molar-refractivity contribution in [2.24, 2.45) is 0 Å². The van der Waals surface area contributed by atoms with E-state index in [1.165, 1.54) is 16.7 Å². The van der Waals surface area contributed by atoms with E-state index in [2.05, 4.69) is 67.6 Å². The summed E-state index contributed by atoms with van der Waals surface area (Å²) in [5.41, 5.74) is 4.18. The minimum atomic E-state index is 0.173. The number of carbonyl (C=O) groups is 1. The number of thioether (sulfide) groups is 1. The van der Waals surface area contributed by atoms with E-state index >= 15 is 0 Å². The number of hydrogen-bond donors (Lipinski definition) is 1. The molecule has 1 aliphatic carbocycles. The zero-order chi connectivity index (χ0) is 20.7. The van der Waals surface area contributed by atoms with Crippen molar-refractivity contribution < 1.29 is 4.79 Å². The van der Waals surface area contributed by atoms with E-state index in [4.69, 9.17) is 0 Å². The Morgan fingerprint density at radius 3 is 2.31 bits per heavy atom. The van der Waals surface area contributed by atoms with Gasteiger partial charge < -0.3 is 10.2 Å². The van der Waals surface area contributed by atoms with Gasteiger partial charge in [0, 0.05) is 17.3 Å². The molecule has 1 fully saturated rings. The van der Waals surface area contributed by atoms with Gasteiger partial charge in [0.15, 0.2) is 0 Å². The highest BCUT2D eigenvalue weighted by Gasteiger charge is 2.37. The van der Waals surface area contributed by atoms with E-state index in [0.29, 0.717) is 11.8 Å². The third-order valence-electron chi connectivity index (χ3n) is 6.23. The van der Waals surface area contributed by atoms with Crippen LogP contribution in [0.15, 0.2) is 54.6 Å². The molecular formula is C25H34N2OS. The molecule has 1 amide bonds. The third-order valence-corrected chi connectivity index (χ3v) is 7.23. The lowest BCUT2D eigenvalue weighted by atomic mass is 9.74. The van der Waals surface area contributed by atoms with E-state index in [9.17, 15) is 4.79 Å². The number of amides is 1. The predicted octanol–water partition coefficient (Wildman–Crippen LogP) is 4.83. The van der Waals surface area contributed by atoms with Crippen LogP contribution in [0.3, 0.4) is 0 Å². The number of aryl methyl sites for hydroxylation is 1. The number of carbonyl (C=O) groups excluding carboxylic acids is 1. The average molecular weight is 411 g/mol. The highest BCUT2D eigenvalue weighted by Crippen LogP contribution is 2.35. The Labute approximate surface area is 180 Å². The summed E-state index contributed by atoms with van der Waals surface area (Å²) in [6.07, 6.45) is 5.43. The lowest BCUT2D eigenvalue weighted by Gasteiger charge is -2.45. The zero-order valence-electron chi connectivity index (χ0n) is 18.0. The molecule has 0 aliphatic heterocycles. The monoisotopic (exact) mass is 410 g/mol. The molecule has 4 heteroatoms. The number of likely N-dealkylation sites (N-methyl/N-ethyl adjacent to an activating group) is 1. The Hall–Kier alpha value is -1.78. The van der Waals surface area contributed by atoms with Gasteiger partial charge in [-0.2, -0.15) is 0 Å². The summed E-state index contributed by atoms with van der Waals surface area (Å²) in [6.45, 7) is 2.14. The van der Waals surface area contributed by atoms with Gasteiger partial charge in [-0.25, -0.2) is 0 Å². The second kappa shape index (κ2) is 10.3. The Kier molecular flexibility index (Phi) is 7.79. The van der Waals surface area contributed by atoms with Gasteiger partial charge in [-0.05, 0) is 64.3 Å². The predicted molar refractivity (Wildman–Crippen MR) is 124 cm³/mol. The first-order valence-corrected chi connectivity index (χ1v) is 11.8. The summed E-state index contributed by atoms with van der Waals surface area (Å²) >= 11 is 1.69. The molecule has 0 saturated heterocycles. The maximum absolute atomic E-state index is 12.4. The van der Waals surface area contributed by atoms with Crippen molar-refractivity contribution in [3.05, 3.63) is 71.3 Å². The summed E-state index contributed by atoms with van der Waals surface area (Å²) in [7, 11) is 4.40. The minimum absolute atomic E-state index is 0.173. The molecule has 0 atom stereocenters. The SMILES string of the molecule is Cc1ccc(CC2(N(C)C)CCC(NC(=O)CSCc3ccccc3)CC2)cc1. The van der Waals surface area contributed by atoms with Crippen molar-refractivity contribution in [3.63, 3.8) is 0 Å². The van der Waals surface area contributed by atoms with Crippen LogP contribution in [0, 0.1) is 6.92 Å². The molecule has 1 N–H and O–H groups in total. The summed E-state index contributed by atoms with van der Waals surface area (Å²) < 4.78 is 0. The van der Waals surface area contributed by atoms with Gasteiger partial charge in [0.25, 0.3) is 0 Å². The quantitative estimate of drug-likeness (QED) is 0.676. The van der Waals surface area contributed by atoms with E-state index < -0.39 is 0 Å². The van der Waals surface area contributed by atoms with E-state index in [1.54, 1.807) is 11.8 Å². The van der Waals surface area contributed by atoms with E-state index in [1.807, 2.05) is 18.2 Å². The Bertz CT molecular complexity index is 765. The van der Waals surface area contributed by atoms with Crippen molar-refractivity contribution in [1.29, 1.82) is 0 Å². The molecule has 29 heavy (non-hydrogen) atoms. The van der Waals surface area contributed by atoms with Crippen LogP contribution in [0.25, 0.3) is 0 Å². The van der Waals surface area contributed by atoms with Crippen molar-refractivity contribution >= 4 is 17.7 Å². The molecule has 0 aromatic heterocycles. The second-order valence-corrected chi connectivity index (χ2v) is 9.59. The number of rotatable bonds is 8. The van der Waals surface area contributed by atoms with Gasteiger partial charge in [0.05, 0.1) is 5.75 Å². The molecule has 1 aliphatic rings. The maximum Gasteiger partial charge on any atom is 0.230 e. The van der Waals surface area contributed by atoms with Crippen LogP contribution in [-0.2, 0) is 17.0 Å². The van der Waals surface area contributed by atoms with Crippen molar-refractivity contribution in [2.45, 2.75) is 56.4 Å². The van der Waals surface area contributed by atoms with Gasteiger partial charge in [0.1, 0.15) is 0 Å². The number of nitrogens with one attached hydrogen (secondary N) is 1. The molecule has 0 heterocycles. The molecular weight excluding hydrogens is 376 g/mol. The van der Waals surface area contributed by atoms with Crippen molar-refractivity contribution in [3.8, 4) is 0 Å². The topological polar surface area (TPSA) is 32.3 Å². The fourth-order valence-electron chi connectivity index (χ4n) is 4.27. The second-order valence-electron chi connectivity index (χ2n) is 8.60. The van der Waals surface area contributed by atoms with Gasteiger partial charge in [-0.3, -0.25) is 4.79 Å². The first kappa shape index (κ1) is 21.9. The summed E-state index contributed by atoms with van der Waals surface area (Å²) in [4.78, 5) is 14.8. The highest BCUT2D eigenvalue weighted by atomic mass is 32.2. The van der Waals surface area contributed by atoms with Crippen LogP contribution in [0.5, 0.6) is 0 Å². The molecule has 0 unspecified atom stereocenters. The average Bonchev–Trinajstić information content (AvgIpc) is 2.72. The first-order valence-electron chi connectivity index (χ1n) is 10.6. The normalized spacial score (nSPS) is 21.9. The minimum Gasteiger partial charge on any atom is -0.353 e. The number of nitrogens with zero attached hydrogens (tertiary/aromatic N) is 1. The molecule has 3 rings (SSSR count). The number of benzene rings is 2. The molecule has 2 aromatic carbocycles. The highest BCUT2D eigenvalue weighted by molar-refractivity contribution is 7.99. The Balaban J connectivity index is 1.46. The summed E-state index contributed by atoms with van der Waals surface area (Å²) in [5.74, 6) is 1.60. The van der Waals surface area contributed by atoms with Crippen LogP contribution in [0.2, 0.25) is 0 Å². The van der Waals surface area contributed by atoms with E-state index in [-0.39, 0.29) is 11.4 Å². The van der Waals surface area contributed by atoms with Crippen LogP contribution in [0.4, 0.5) is 0 Å². The maximum atomic E-state index is 12.4. The van der Waals surface area contributed by atoms with Crippen LogP contribution in [-0.4, -0.2) is 42.2 Å². The van der Waals surface area contributed by atoms with Gasteiger partial charge in [-0.15, -0.1) is 11.8 Å². The summed E-state index contributed by atoms with van der Waals surface area (Å²) in [6, 6.07) is 19.6. The summed E-state index contributed by atoms with van der Waals surface area (Å²) in [5, 5.41) is 3.27. The van der Waals surface area contributed by atoms with Crippen LogP contribution >= 0.6 is 11.8 Å². The van der Waals surface area contributed by atoms with Crippen LogP contribution < -0.4 is 5.32 Å². The number of hydrogen-bond acceptors (Lipinski definition) is 3. The molecule has 1 saturated carbocycles. The fourth-order valence-corrected chi connectivity index (χ4v) is 5.07. The van der Waals surface area contributed by atoms with Gasteiger partial charge >= 0.3 is 0 Å². The van der Waals surface area contributed by atoms with E-state index in [0.717, 1.165) is 37.9 Å². The smallest absolute Gasteiger partial charge is 0.230 e. The molecule has 156 valence electrons. The Morgan fingerprint density at radius 2 is 1.69 bits per heavy atom. The molecule has 3 nitrogen and oxygen atoms in total. The lowest BCUT2D eigenvalue weighted by Crippen LogP contribution is -2.52. The standard InChI is InChI=1S/C25H34N2OS/c1-20-9-11-21(12-10-20)17-25(27(2)3)15-13-23(14-16-25)26-24(28)19-29-18-22-7-5-4-6-8-22/h4-12,23H,13-19H2,1-3H3,(H,26,28). The fraction of sp³-hybridized carbons (Fsp3) is 0.480. The van der Waals surface area contributed by atoms with Gasteiger partial charge in [-0.1, -0.05) is 60.2 Å². The van der Waals surface area contributed by atoms with Crippen LogP contribution in [0.1, 0.15) is 42.4 Å². The van der Waals surface area contributed by atoms with Gasteiger partial charge in [0.2, 0.25) is 5.91 Å². The van der Waals surface area contributed by atoms with Crippen molar-refractivity contribution in [1.82, 2.24) is 10.2 Å². The molecule has 0 bridgehead atoms.